The Balaban J connectivity index is 1.24. The highest BCUT2D eigenvalue weighted by Gasteiger charge is 2.12. The van der Waals surface area contributed by atoms with Crippen LogP contribution in [0.3, 0.4) is 0 Å². The van der Waals surface area contributed by atoms with E-state index in [2.05, 4.69) is 33.5 Å². The average Bonchev–Trinajstić information content (AvgIpc) is 3.26. The van der Waals surface area contributed by atoms with E-state index in [-0.39, 0.29) is 11.8 Å². The maximum Gasteiger partial charge on any atom is 0.251 e. The van der Waals surface area contributed by atoms with E-state index < -0.39 is 0 Å². The largest absolute Gasteiger partial charge is 0.350 e. The second-order valence-electron chi connectivity index (χ2n) is 8.19. The Morgan fingerprint density at radius 3 is 2.34 bits per heavy atom. The Bertz CT molecular complexity index is 1490. The van der Waals surface area contributed by atoms with Crippen LogP contribution in [0, 0.1) is 0 Å². The van der Waals surface area contributed by atoms with Crippen molar-refractivity contribution in [1.29, 1.82) is 0 Å². The molecule has 0 radical (unpaired) electrons. The van der Waals surface area contributed by atoms with Gasteiger partial charge in [-0.2, -0.15) is 0 Å². The van der Waals surface area contributed by atoms with Crippen molar-refractivity contribution in [3.05, 3.63) is 109 Å². The maximum atomic E-state index is 12.8. The Hall–Kier alpha value is -4.03. The van der Waals surface area contributed by atoms with Crippen LogP contribution < -0.4 is 10.6 Å². The van der Waals surface area contributed by atoms with Crippen LogP contribution in [0.4, 0.5) is 5.69 Å². The summed E-state index contributed by atoms with van der Waals surface area (Å²) in [6, 6.07) is 31.3. The summed E-state index contributed by atoms with van der Waals surface area (Å²) in [5.74, 6) is 0.183. The van der Waals surface area contributed by atoms with Crippen molar-refractivity contribution in [3.8, 4) is 0 Å². The zero-order valence-electron chi connectivity index (χ0n) is 19.1. The molecule has 0 bridgehead atoms. The van der Waals surface area contributed by atoms with Gasteiger partial charge in [0.25, 0.3) is 5.91 Å². The van der Waals surface area contributed by atoms with Crippen molar-refractivity contribution < 1.29 is 9.59 Å². The monoisotopic (exact) mass is 479 g/mol. The molecule has 5 rings (SSSR count). The van der Waals surface area contributed by atoms with E-state index in [4.69, 9.17) is 0 Å². The molecule has 0 atom stereocenters. The Kier molecular flexibility index (Phi) is 6.82. The summed E-state index contributed by atoms with van der Waals surface area (Å²) in [5, 5.41) is 9.27. The zero-order chi connectivity index (χ0) is 24.0. The molecular formula is C29H25N3O2S. The fraction of sp³-hybridized carbons (Fsp3) is 0.103. The van der Waals surface area contributed by atoms with Crippen LogP contribution in [0.5, 0.6) is 0 Å². The molecule has 0 aliphatic rings. The van der Waals surface area contributed by atoms with Gasteiger partial charge in [-0.1, -0.05) is 72.8 Å². The van der Waals surface area contributed by atoms with Gasteiger partial charge in [-0.3, -0.25) is 9.59 Å². The number of aromatic nitrogens is 1. The van der Waals surface area contributed by atoms with Gasteiger partial charge in [0, 0.05) is 51.7 Å². The molecule has 35 heavy (non-hydrogen) atoms. The highest BCUT2D eigenvalue weighted by molar-refractivity contribution is 8.00. The maximum absolute atomic E-state index is 12.8. The first-order valence-corrected chi connectivity index (χ1v) is 12.5. The smallest absolute Gasteiger partial charge is 0.251 e. The molecule has 0 aliphatic heterocycles. The molecule has 174 valence electrons. The number of hydrogen-bond acceptors (Lipinski definition) is 3. The Morgan fingerprint density at radius 1 is 0.771 bits per heavy atom. The summed E-state index contributed by atoms with van der Waals surface area (Å²) in [5.41, 5.74) is 2.56. The van der Waals surface area contributed by atoms with Crippen LogP contribution in [0.2, 0.25) is 0 Å². The molecule has 4 aromatic carbocycles. The fourth-order valence-corrected chi connectivity index (χ4v) is 5.05. The van der Waals surface area contributed by atoms with Gasteiger partial charge in [0.1, 0.15) is 0 Å². The van der Waals surface area contributed by atoms with Crippen LogP contribution in [0.25, 0.3) is 21.7 Å². The number of nitrogens with zero attached hydrogens (tertiary/aromatic N) is 1. The number of benzene rings is 4. The van der Waals surface area contributed by atoms with E-state index in [0.717, 1.165) is 32.3 Å². The first-order valence-electron chi connectivity index (χ1n) is 11.5. The van der Waals surface area contributed by atoms with E-state index >= 15 is 0 Å². The minimum absolute atomic E-state index is 0.0432. The molecule has 1 aromatic heterocycles. The number of rotatable bonds is 8. The molecule has 2 amide bonds. The lowest BCUT2D eigenvalue weighted by Gasteiger charge is -2.08. The number of carbonyl (C=O) groups excluding carboxylic acids is 2. The number of amides is 2. The Labute approximate surface area is 208 Å². The highest BCUT2D eigenvalue weighted by Crippen LogP contribution is 2.30. The van der Waals surface area contributed by atoms with Crippen molar-refractivity contribution in [3.63, 3.8) is 0 Å². The predicted octanol–water partition coefficient (Wildman–Crippen LogP) is 5.96. The van der Waals surface area contributed by atoms with E-state index in [0.29, 0.717) is 24.4 Å². The van der Waals surface area contributed by atoms with Gasteiger partial charge < -0.3 is 15.2 Å². The highest BCUT2D eigenvalue weighted by atomic mass is 32.2. The standard InChI is InChI=1S/C29H25N3O2S/c33-28(31-25-15-8-12-21-9-4-5-13-23(21)25)20-35-27-19-32(26-16-7-6-14-24(26)27)18-17-30-29(34)22-10-2-1-3-11-22/h1-16,19H,17-18,20H2,(H,30,34)(H,31,33). The summed E-state index contributed by atoms with van der Waals surface area (Å²) in [4.78, 5) is 26.2. The van der Waals surface area contributed by atoms with Gasteiger partial charge in [-0.15, -0.1) is 11.8 Å². The molecule has 1 heterocycles. The predicted molar refractivity (Wildman–Crippen MR) is 144 cm³/mol. The van der Waals surface area contributed by atoms with E-state index in [1.165, 1.54) is 11.8 Å². The topological polar surface area (TPSA) is 63.1 Å². The van der Waals surface area contributed by atoms with Crippen LogP contribution in [-0.4, -0.2) is 28.7 Å². The van der Waals surface area contributed by atoms with Crippen molar-refractivity contribution >= 4 is 50.9 Å². The van der Waals surface area contributed by atoms with Crippen molar-refractivity contribution in [1.82, 2.24) is 9.88 Å². The van der Waals surface area contributed by atoms with E-state index in [1.807, 2.05) is 72.8 Å². The quantitative estimate of drug-likeness (QED) is 0.270. The summed E-state index contributed by atoms with van der Waals surface area (Å²) in [6.45, 7) is 1.15. The second-order valence-corrected chi connectivity index (χ2v) is 9.21. The molecule has 0 fully saturated rings. The van der Waals surface area contributed by atoms with Crippen molar-refractivity contribution in [2.24, 2.45) is 0 Å². The van der Waals surface area contributed by atoms with Gasteiger partial charge in [-0.25, -0.2) is 0 Å². The van der Waals surface area contributed by atoms with Gasteiger partial charge in [0.2, 0.25) is 5.91 Å². The minimum Gasteiger partial charge on any atom is -0.350 e. The number of thioether (sulfide) groups is 1. The summed E-state index contributed by atoms with van der Waals surface area (Å²) < 4.78 is 2.13. The van der Waals surface area contributed by atoms with Crippen molar-refractivity contribution in [2.75, 3.05) is 17.6 Å². The molecule has 0 saturated heterocycles. The van der Waals surface area contributed by atoms with E-state index in [9.17, 15) is 9.59 Å². The van der Waals surface area contributed by atoms with Crippen LogP contribution in [0.1, 0.15) is 10.4 Å². The SMILES string of the molecule is O=C(CSc1cn(CCNC(=O)c2ccccc2)c2ccccc12)Nc1cccc2ccccc12. The molecule has 0 spiro atoms. The number of fused-ring (bicyclic) bond motifs is 2. The van der Waals surface area contributed by atoms with Crippen LogP contribution in [-0.2, 0) is 11.3 Å². The second kappa shape index (κ2) is 10.5. The number of anilines is 1. The average molecular weight is 480 g/mol. The lowest BCUT2D eigenvalue weighted by atomic mass is 10.1. The molecule has 2 N–H and O–H groups in total. The number of para-hydroxylation sites is 1. The normalized spacial score (nSPS) is 11.0. The fourth-order valence-electron chi connectivity index (χ4n) is 4.16. The summed E-state index contributed by atoms with van der Waals surface area (Å²) in [6.07, 6.45) is 2.06. The molecular weight excluding hydrogens is 454 g/mol. The van der Waals surface area contributed by atoms with Gasteiger partial charge in [-0.05, 0) is 29.7 Å². The molecule has 0 unspecified atom stereocenters. The third-order valence-corrected chi connectivity index (χ3v) is 6.89. The van der Waals surface area contributed by atoms with Gasteiger partial charge in [0.05, 0.1) is 5.75 Å². The van der Waals surface area contributed by atoms with E-state index in [1.54, 1.807) is 12.1 Å². The van der Waals surface area contributed by atoms with Gasteiger partial charge in [0.15, 0.2) is 0 Å². The van der Waals surface area contributed by atoms with Gasteiger partial charge >= 0.3 is 0 Å². The lowest BCUT2D eigenvalue weighted by Crippen LogP contribution is -2.26. The zero-order valence-corrected chi connectivity index (χ0v) is 19.9. The summed E-state index contributed by atoms with van der Waals surface area (Å²) >= 11 is 1.52. The number of carbonyl (C=O) groups is 2. The number of nitrogens with one attached hydrogen (secondary N) is 2. The molecule has 0 saturated carbocycles. The molecule has 0 aliphatic carbocycles. The Morgan fingerprint density at radius 2 is 1.49 bits per heavy atom. The first kappa shape index (κ1) is 22.7. The molecule has 5 aromatic rings. The van der Waals surface area contributed by atoms with Crippen LogP contribution >= 0.6 is 11.8 Å². The van der Waals surface area contributed by atoms with Crippen molar-refractivity contribution in [2.45, 2.75) is 11.4 Å². The third-order valence-electron chi connectivity index (χ3n) is 5.85. The van der Waals surface area contributed by atoms with Crippen LogP contribution in [0.15, 0.2) is 108 Å². The summed E-state index contributed by atoms with van der Waals surface area (Å²) in [7, 11) is 0. The first-order chi connectivity index (χ1) is 17.2. The molecule has 6 heteroatoms. The minimum atomic E-state index is -0.0817. The number of hydrogen-bond donors (Lipinski definition) is 2. The lowest BCUT2D eigenvalue weighted by molar-refractivity contribution is -0.113. The third kappa shape index (κ3) is 5.23. The molecule has 5 nitrogen and oxygen atoms in total.